The van der Waals surface area contributed by atoms with Crippen LogP contribution in [0.1, 0.15) is 5.56 Å². The third-order valence-electron chi connectivity index (χ3n) is 5.69. The van der Waals surface area contributed by atoms with Gasteiger partial charge >= 0.3 is 6.03 Å². The van der Waals surface area contributed by atoms with Gasteiger partial charge in [-0.1, -0.05) is 0 Å². The quantitative estimate of drug-likeness (QED) is 0.448. The number of hydrogen-bond donors (Lipinski definition) is 2. The van der Waals surface area contributed by atoms with Crippen LogP contribution in [0.3, 0.4) is 0 Å². The van der Waals surface area contributed by atoms with Crippen molar-refractivity contribution in [2.24, 2.45) is 0 Å². The number of hydrogen-bond acceptors (Lipinski definition) is 7. The minimum atomic E-state index is -0.342. The molecule has 2 amide bonds. The molecule has 9 nitrogen and oxygen atoms in total. The molecule has 1 aromatic carbocycles. The van der Waals surface area contributed by atoms with Gasteiger partial charge < -0.3 is 20.3 Å². The van der Waals surface area contributed by atoms with Crippen molar-refractivity contribution in [2.75, 3.05) is 41.8 Å². The Hall–Kier alpha value is -4.37. The van der Waals surface area contributed by atoms with Crippen LogP contribution in [0, 0.1) is 6.92 Å². The van der Waals surface area contributed by atoms with Gasteiger partial charge in [-0.05, 0) is 55.5 Å². The van der Waals surface area contributed by atoms with Crippen LogP contribution in [0.25, 0.3) is 22.6 Å². The van der Waals surface area contributed by atoms with Gasteiger partial charge in [0, 0.05) is 54.1 Å². The summed E-state index contributed by atoms with van der Waals surface area (Å²) in [4.78, 5) is 32.6. The molecule has 1 fully saturated rings. The van der Waals surface area contributed by atoms with E-state index in [-0.39, 0.29) is 6.03 Å². The Morgan fingerprint density at radius 1 is 0.857 bits per heavy atom. The Balaban J connectivity index is 1.43. The topological polar surface area (TPSA) is 105 Å². The van der Waals surface area contributed by atoms with E-state index in [1.54, 1.807) is 30.7 Å². The van der Waals surface area contributed by atoms with Crippen LogP contribution < -0.4 is 15.5 Å². The third kappa shape index (κ3) is 5.25. The Morgan fingerprint density at radius 3 is 2.26 bits per heavy atom. The van der Waals surface area contributed by atoms with E-state index >= 15 is 0 Å². The molecule has 4 heterocycles. The number of anilines is 3. The highest BCUT2D eigenvalue weighted by atomic mass is 16.5. The number of amides is 2. The summed E-state index contributed by atoms with van der Waals surface area (Å²) in [5.41, 5.74) is 4.92. The van der Waals surface area contributed by atoms with Gasteiger partial charge in [0.15, 0.2) is 5.82 Å². The summed E-state index contributed by atoms with van der Waals surface area (Å²) >= 11 is 0. The van der Waals surface area contributed by atoms with Crippen LogP contribution in [-0.2, 0) is 4.74 Å². The predicted octanol–water partition coefficient (Wildman–Crippen LogP) is 4.39. The molecule has 4 aromatic rings. The van der Waals surface area contributed by atoms with Crippen molar-refractivity contribution in [3.05, 3.63) is 78.9 Å². The summed E-state index contributed by atoms with van der Waals surface area (Å²) in [7, 11) is 0. The summed E-state index contributed by atoms with van der Waals surface area (Å²) in [6.07, 6.45) is 6.80. The number of carbonyl (C=O) groups is 1. The zero-order valence-corrected chi connectivity index (χ0v) is 19.3. The molecule has 176 valence electrons. The van der Waals surface area contributed by atoms with Gasteiger partial charge in [-0.25, -0.2) is 14.8 Å². The van der Waals surface area contributed by atoms with E-state index < -0.39 is 0 Å². The second-order valence-electron chi connectivity index (χ2n) is 8.08. The molecule has 1 aliphatic heterocycles. The van der Waals surface area contributed by atoms with E-state index in [0.29, 0.717) is 30.4 Å². The number of urea groups is 1. The summed E-state index contributed by atoms with van der Waals surface area (Å²) in [6.45, 7) is 4.94. The van der Waals surface area contributed by atoms with E-state index in [2.05, 4.69) is 25.5 Å². The van der Waals surface area contributed by atoms with Gasteiger partial charge in [-0.2, -0.15) is 0 Å². The van der Waals surface area contributed by atoms with Crippen LogP contribution in [0.2, 0.25) is 0 Å². The zero-order valence-electron chi connectivity index (χ0n) is 19.3. The highest BCUT2D eigenvalue weighted by molar-refractivity contribution is 5.99. The number of rotatable bonds is 5. The molecular weight excluding hydrogens is 442 g/mol. The maximum Gasteiger partial charge on any atom is 0.323 e. The Kier molecular flexibility index (Phi) is 6.58. The minimum absolute atomic E-state index is 0.342. The Bertz CT molecular complexity index is 1290. The van der Waals surface area contributed by atoms with Gasteiger partial charge in [0.25, 0.3) is 0 Å². The molecule has 0 aliphatic carbocycles. The maximum absolute atomic E-state index is 12.3. The van der Waals surface area contributed by atoms with E-state index in [9.17, 15) is 4.79 Å². The lowest BCUT2D eigenvalue weighted by molar-refractivity contribution is 0.122. The van der Waals surface area contributed by atoms with Gasteiger partial charge in [0.05, 0.1) is 30.8 Å². The minimum Gasteiger partial charge on any atom is -0.378 e. The zero-order chi connectivity index (χ0) is 24.0. The van der Waals surface area contributed by atoms with Crippen LogP contribution in [0.4, 0.5) is 22.0 Å². The summed E-state index contributed by atoms with van der Waals surface area (Å²) in [6, 6.07) is 14.6. The maximum atomic E-state index is 12.3. The second-order valence-corrected chi connectivity index (χ2v) is 8.08. The number of morpholine rings is 1. The number of carbonyl (C=O) groups excluding carboxylic acids is 1. The molecule has 1 aliphatic rings. The van der Waals surface area contributed by atoms with Crippen molar-refractivity contribution in [1.29, 1.82) is 0 Å². The molecule has 35 heavy (non-hydrogen) atoms. The molecule has 0 spiro atoms. The van der Waals surface area contributed by atoms with E-state index in [0.717, 1.165) is 41.3 Å². The lowest BCUT2D eigenvalue weighted by Gasteiger charge is -2.30. The van der Waals surface area contributed by atoms with Gasteiger partial charge in [0.1, 0.15) is 5.82 Å². The average Bonchev–Trinajstić information content (AvgIpc) is 2.91. The molecular formula is C26H25N7O2. The fraction of sp³-hybridized carbons (Fsp3) is 0.192. The van der Waals surface area contributed by atoms with Gasteiger partial charge in [-0.3, -0.25) is 9.97 Å². The predicted molar refractivity (Wildman–Crippen MR) is 135 cm³/mol. The number of ether oxygens (including phenoxy) is 1. The van der Waals surface area contributed by atoms with Crippen molar-refractivity contribution >= 4 is 23.2 Å². The Labute approximate surface area is 203 Å². The van der Waals surface area contributed by atoms with E-state index in [1.807, 2.05) is 49.5 Å². The fourth-order valence-electron chi connectivity index (χ4n) is 3.93. The van der Waals surface area contributed by atoms with Gasteiger partial charge in [0.2, 0.25) is 0 Å². The molecule has 5 rings (SSSR count). The van der Waals surface area contributed by atoms with E-state index in [1.165, 1.54) is 0 Å². The van der Waals surface area contributed by atoms with Crippen LogP contribution in [0.5, 0.6) is 0 Å². The smallest absolute Gasteiger partial charge is 0.323 e. The number of nitrogens with zero attached hydrogens (tertiary/aromatic N) is 5. The van der Waals surface area contributed by atoms with Crippen LogP contribution in [-0.4, -0.2) is 52.3 Å². The molecule has 0 saturated carbocycles. The highest BCUT2D eigenvalue weighted by Gasteiger charge is 2.20. The average molecular weight is 468 g/mol. The normalized spacial score (nSPS) is 13.3. The first-order valence-corrected chi connectivity index (χ1v) is 11.4. The second kappa shape index (κ2) is 10.3. The number of pyridine rings is 2. The summed E-state index contributed by atoms with van der Waals surface area (Å²) in [5.74, 6) is 1.51. The molecule has 0 radical (unpaired) electrons. The number of aromatic nitrogens is 4. The lowest BCUT2D eigenvalue weighted by Crippen LogP contribution is -2.37. The fourth-order valence-corrected chi connectivity index (χ4v) is 3.93. The highest BCUT2D eigenvalue weighted by Crippen LogP contribution is 2.31. The number of benzene rings is 1. The SMILES string of the molecule is Cc1c(-c2cccnc2)nc(-c2ccc(NC(=O)Nc3cccnc3)cc2)nc1N1CCOCC1. The van der Waals surface area contributed by atoms with Crippen molar-refractivity contribution < 1.29 is 9.53 Å². The number of nitrogens with one attached hydrogen (secondary N) is 2. The molecule has 9 heteroatoms. The molecule has 1 saturated heterocycles. The molecule has 0 unspecified atom stereocenters. The van der Waals surface area contributed by atoms with Crippen molar-refractivity contribution in [3.63, 3.8) is 0 Å². The van der Waals surface area contributed by atoms with Crippen LogP contribution in [0.15, 0.2) is 73.3 Å². The van der Waals surface area contributed by atoms with Crippen LogP contribution >= 0.6 is 0 Å². The lowest BCUT2D eigenvalue weighted by atomic mass is 10.1. The monoisotopic (exact) mass is 467 g/mol. The van der Waals surface area contributed by atoms with Crippen molar-refractivity contribution in [2.45, 2.75) is 6.92 Å². The largest absolute Gasteiger partial charge is 0.378 e. The van der Waals surface area contributed by atoms with Crippen molar-refractivity contribution in [3.8, 4) is 22.6 Å². The van der Waals surface area contributed by atoms with E-state index in [4.69, 9.17) is 14.7 Å². The molecule has 0 bridgehead atoms. The summed E-state index contributed by atoms with van der Waals surface area (Å²) in [5, 5.41) is 5.58. The van der Waals surface area contributed by atoms with Gasteiger partial charge in [-0.15, -0.1) is 0 Å². The van der Waals surface area contributed by atoms with Crippen molar-refractivity contribution in [1.82, 2.24) is 19.9 Å². The first kappa shape index (κ1) is 22.4. The standard InChI is InChI=1S/C26H25N7O2/c1-18-23(20-4-2-10-27-16-20)31-24(32-25(18)33-12-14-35-15-13-33)19-6-8-21(9-7-19)29-26(34)30-22-5-3-11-28-17-22/h2-11,16-17H,12-15H2,1H3,(H2,29,30,34). The first-order chi connectivity index (χ1) is 17.2. The third-order valence-corrected chi connectivity index (χ3v) is 5.69. The molecule has 3 aromatic heterocycles. The first-order valence-electron chi connectivity index (χ1n) is 11.4. The molecule has 2 N–H and O–H groups in total. The Morgan fingerprint density at radius 2 is 1.57 bits per heavy atom. The summed E-state index contributed by atoms with van der Waals surface area (Å²) < 4.78 is 5.53. The molecule has 0 atom stereocenters.